The number of hydrogen-bond donors (Lipinski definition) is 0. The first-order chi connectivity index (χ1) is 35.4. The number of imidazole rings is 3. The second kappa shape index (κ2) is 17.3. The van der Waals surface area contributed by atoms with Crippen molar-refractivity contribution in [3.8, 4) is 85.4 Å². The van der Waals surface area contributed by atoms with E-state index in [2.05, 4.69) is 0 Å². The molecule has 4 heterocycles. The smallest absolute Gasteiger partial charge is 0.164 e. The van der Waals surface area contributed by atoms with Crippen LogP contribution < -0.4 is 0 Å². The first-order valence-electron chi connectivity index (χ1n) is 23.2. The summed E-state index contributed by atoms with van der Waals surface area (Å²) in [5.74, 6) is 1.53. The number of halogens is 3. The first kappa shape index (κ1) is 42.3. The Morgan fingerprint density at radius 1 is 0.250 bits per heavy atom. The molecule has 0 fully saturated rings. The van der Waals surface area contributed by atoms with Gasteiger partial charge < -0.3 is 0 Å². The zero-order valence-corrected chi connectivity index (χ0v) is 37.9. The summed E-state index contributed by atoms with van der Waals surface area (Å²) in [6.45, 7) is 0. The Morgan fingerprint density at radius 2 is 0.514 bits per heavy atom. The Morgan fingerprint density at radius 3 is 0.819 bits per heavy atom. The highest BCUT2D eigenvalue weighted by atomic mass is 19.1. The van der Waals surface area contributed by atoms with Crippen LogP contribution in [0, 0.1) is 17.5 Å². The van der Waals surface area contributed by atoms with Gasteiger partial charge in [0, 0.05) is 33.4 Å². The monoisotopic (exact) mass is 939 g/mol. The average Bonchev–Trinajstić information content (AvgIpc) is 4.14. The van der Waals surface area contributed by atoms with Crippen molar-refractivity contribution in [2.45, 2.75) is 0 Å². The van der Waals surface area contributed by atoms with E-state index in [1.54, 1.807) is 54.6 Å². The van der Waals surface area contributed by atoms with E-state index in [1.165, 1.54) is 18.2 Å². The molecule has 72 heavy (non-hydrogen) atoms. The van der Waals surface area contributed by atoms with Gasteiger partial charge in [0.1, 0.15) is 34.9 Å². The fraction of sp³-hybridized carbons (Fsp3) is 0. The molecule has 0 saturated heterocycles. The molecule has 0 unspecified atom stereocenters. The molecule has 0 spiro atoms. The number of hydrogen-bond acceptors (Lipinski definition) is 6. The van der Waals surface area contributed by atoms with E-state index in [0.717, 1.165) is 16.6 Å². The summed E-state index contributed by atoms with van der Waals surface area (Å²) >= 11 is 0. The normalized spacial score (nSPS) is 11.5. The Balaban J connectivity index is 0.999. The fourth-order valence-electron chi connectivity index (χ4n) is 9.45. The number of para-hydroxylation sites is 9. The Hall–Kier alpha value is -9.81. The van der Waals surface area contributed by atoms with Crippen molar-refractivity contribution in [3.63, 3.8) is 0 Å². The minimum absolute atomic E-state index is 0.360. The van der Waals surface area contributed by atoms with Gasteiger partial charge in [-0.05, 0) is 91.0 Å². The third-order valence-corrected chi connectivity index (χ3v) is 12.7. The standard InChI is InChI=1S/C60H36F3N9/c61-43-22-1-7-28-49(43)70-52-31-10-4-25-46(52)64-58(70)40-19-13-16-37(34-40)55-67-56(38-17-14-20-41(35-38)59-65-47-26-5-11-32-53(47)71(59)50-29-8-2-23-44(50)62)69-57(68-55)39-18-15-21-42(36-39)60-66-48-27-6-12-33-54(48)72(60)51-30-9-3-24-45(51)63/h1-36H. The van der Waals surface area contributed by atoms with Crippen LogP contribution in [0.3, 0.4) is 0 Å². The number of aromatic nitrogens is 9. The minimum Gasteiger partial charge on any atom is -0.289 e. The van der Waals surface area contributed by atoms with Gasteiger partial charge in [-0.3, -0.25) is 13.7 Å². The molecule has 9 nitrogen and oxygen atoms in total. The van der Waals surface area contributed by atoms with Crippen LogP contribution in [0.2, 0.25) is 0 Å². The van der Waals surface area contributed by atoms with Crippen molar-refractivity contribution in [1.29, 1.82) is 0 Å². The SMILES string of the molecule is Fc1ccccc1-n1c(-c2cccc(-c3nc(-c4cccc(-c5nc6ccccc6n5-c5ccccc5F)c4)nc(-c4cccc(-c5nc6ccccc6n5-c5ccccc5F)c4)n3)c2)nc2ccccc21. The predicted molar refractivity (Wildman–Crippen MR) is 276 cm³/mol. The number of rotatable bonds is 9. The lowest BCUT2D eigenvalue weighted by molar-refractivity contribution is 0.619. The largest absolute Gasteiger partial charge is 0.289 e. The van der Waals surface area contributed by atoms with E-state index in [-0.39, 0.29) is 17.5 Å². The van der Waals surface area contributed by atoms with Crippen molar-refractivity contribution in [2.24, 2.45) is 0 Å². The molecule has 0 aliphatic rings. The molecule has 0 bridgehead atoms. The number of benzene rings is 9. The van der Waals surface area contributed by atoms with E-state index < -0.39 is 0 Å². The van der Waals surface area contributed by atoms with Crippen LogP contribution in [-0.2, 0) is 0 Å². The highest BCUT2D eigenvalue weighted by Crippen LogP contribution is 2.37. The first-order valence-corrected chi connectivity index (χ1v) is 23.2. The van der Waals surface area contributed by atoms with Gasteiger partial charge in [0.25, 0.3) is 0 Å². The van der Waals surface area contributed by atoms with Gasteiger partial charge in [0.15, 0.2) is 17.5 Å². The van der Waals surface area contributed by atoms with Crippen LogP contribution in [0.1, 0.15) is 0 Å². The van der Waals surface area contributed by atoms with E-state index >= 15 is 13.2 Å². The summed E-state index contributed by atoms with van der Waals surface area (Å²) in [6.07, 6.45) is 0. The van der Waals surface area contributed by atoms with Crippen LogP contribution in [0.15, 0.2) is 218 Å². The zero-order chi connectivity index (χ0) is 48.3. The van der Waals surface area contributed by atoms with Gasteiger partial charge in [0.2, 0.25) is 0 Å². The Labute approximate surface area is 409 Å². The average molecular weight is 940 g/mol. The van der Waals surface area contributed by atoms with Gasteiger partial charge >= 0.3 is 0 Å². The lowest BCUT2D eigenvalue weighted by Gasteiger charge is -2.13. The maximum absolute atomic E-state index is 15.6. The zero-order valence-electron chi connectivity index (χ0n) is 37.9. The quantitative estimate of drug-likeness (QED) is 0.143. The van der Waals surface area contributed by atoms with Crippen molar-refractivity contribution in [3.05, 3.63) is 236 Å². The molecule has 9 aromatic carbocycles. The van der Waals surface area contributed by atoms with Crippen LogP contribution in [0.5, 0.6) is 0 Å². The summed E-state index contributed by atoms with van der Waals surface area (Å²) < 4.78 is 52.4. The highest BCUT2D eigenvalue weighted by molar-refractivity contribution is 5.87. The van der Waals surface area contributed by atoms with Gasteiger partial charge in [-0.25, -0.2) is 43.1 Å². The lowest BCUT2D eigenvalue weighted by atomic mass is 10.1. The molecule has 0 radical (unpaired) electrons. The summed E-state index contributed by atoms with van der Waals surface area (Å²) in [5.41, 5.74) is 9.54. The molecule has 0 aliphatic heterocycles. The van der Waals surface area contributed by atoms with Crippen LogP contribution in [0.25, 0.3) is 118 Å². The minimum atomic E-state index is -0.386. The second-order valence-electron chi connectivity index (χ2n) is 17.2. The summed E-state index contributed by atoms with van der Waals surface area (Å²) in [5, 5.41) is 0. The summed E-state index contributed by atoms with van der Waals surface area (Å²) in [7, 11) is 0. The van der Waals surface area contributed by atoms with E-state index in [1.807, 2.05) is 159 Å². The molecule has 342 valence electrons. The molecule has 0 saturated carbocycles. The topological polar surface area (TPSA) is 92.1 Å². The molecule has 4 aromatic heterocycles. The third-order valence-electron chi connectivity index (χ3n) is 12.7. The molecule has 12 heteroatoms. The Kier molecular flexibility index (Phi) is 10.2. The van der Waals surface area contributed by atoms with Gasteiger partial charge in [-0.1, -0.05) is 127 Å². The van der Waals surface area contributed by atoms with Crippen molar-refractivity contribution < 1.29 is 13.2 Å². The highest BCUT2D eigenvalue weighted by Gasteiger charge is 2.22. The van der Waals surface area contributed by atoms with Gasteiger partial charge in [-0.2, -0.15) is 0 Å². The number of nitrogens with zero attached hydrogens (tertiary/aromatic N) is 9. The Bertz CT molecular complexity index is 3810. The maximum Gasteiger partial charge on any atom is 0.164 e. The van der Waals surface area contributed by atoms with E-state index in [9.17, 15) is 0 Å². The fourth-order valence-corrected chi connectivity index (χ4v) is 9.45. The number of fused-ring (bicyclic) bond motifs is 3. The molecule has 0 atom stereocenters. The van der Waals surface area contributed by atoms with E-state index in [0.29, 0.717) is 102 Å². The van der Waals surface area contributed by atoms with Gasteiger partial charge in [-0.15, -0.1) is 0 Å². The van der Waals surface area contributed by atoms with Crippen molar-refractivity contribution in [1.82, 2.24) is 43.6 Å². The molecule has 0 aliphatic carbocycles. The second-order valence-corrected chi connectivity index (χ2v) is 17.2. The third kappa shape index (κ3) is 7.28. The van der Waals surface area contributed by atoms with Crippen LogP contribution >= 0.6 is 0 Å². The molecule has 0 amide bonds. The summed E-state index contributed by atoms with van der Waals surface area (Å²) in [4.78, 5) is 30.6. The van der Waals surface area contributed by atoms with Crippen LogP contribution in [0.4, 0.5) is 13.2 Å². The molecule has 13 rings (SSSR count). The van der Waals surface area contributed by atoms with Crippen LogP contribution in [-0.4, -0.2) is 43.6 Å². The predicted octanol–water partition coefficient (Wildman–Crippen LogP) is 14.3. The lowest BCUT2D eigenvalue weighted by Crippen LogP contribution is -2.03. The maximum atomic E-state index is 15.6. The molecule has 0 N–H and O–H groups in total. The van der Waals surface area contributed by atoms with Crippen molar-refractivity contribution >= 4 is 33.1 Å². The van der Waals surface area contributed by atoms with Crippen molar-refractivity contribution in [2.75, 3.05) is 0 Å². The molecular weight excluding hydrogens is 904 g/mol. The summed E-state index contributed by atoms with van der Waals surface area (Å²) in [6, 6.07) is 66.0. The molecule has 13 aromatic rings. The van der Waals surface area contributed by atoms with Gasteiger partial charge in [0.05, 0.1) is 50.2 Å². The van der Waals surface area contributed by atoms with E-state index in [4.69, 9.17) is 29.9 Å². The molecular formula is C60H36F3N9.